The molecule has 0 saturated heterocycles. The first kappa shape index (κ1) is 29.4. The van der Waals surface area contributed by atoms with Gasteiger partial charge in [0.05, 0.1) is 25.0 Å². The number of methoxy groups -OCH3 is 1. The summed E-state index contributed by atoms with van der Waals surface area (Å²) in [6, 6.07) is 14.9. The van der Waals surface area contributed by atoms with E-state index in [2.05, 4.69) is 4.57 Å². The Bertz CT molecular complexity index is 1580. The highest BCUT2D eigenvalue weighted by Gasteiger charge is 2.33. The van der Waals surface area contributed by atoms with Gasteiger partial charge in [-0.05, 0) is 81.1 Å². The van der Waals surface area contributed by atoms with Crippen molar-refractivity contribution < 1.29 is 14.3 Å². The number of hydrogen-bond donors (Lipinski definition) is 0. The van der Waals surface area contributed by atoms with E-state index >= 15 is 0 Å². The fourth-order valence-corrected chi connectivity index (χ4v) is 5.64. The summed E-state index contributed by atoms with van der Waals surface area (Å²) in [6.07, 6.45) is 2.21. The Morgan fingerprint density at radius 3 is 2.45 bits per heavy atom. The monoisotopic (exact) mass is 581 g/mol. The molecule has 2 aromatic heterocycles. The maximum atomic E-state index is 13.5. The van der Waals surface area contributed by atoms with Crippen LogP contribution in [0.15, 0.2) is 59.5 Å². The van der Waals surface area contributed by atoms with Crippen molar-refractivity contribution in [2.75, 3.05) is 13.7 Å². The maximum absolute atomic E-state index is 13.5. The van der Waals surface area contributed by atoms with Gasteiger partial charge in [0.1, 0.15) is 16.6 Å². The Labute approximate surface area is 244 Å². The van der Waals surface area contributed by atoms with Crippen LogP contribution < -0.4 is 10.3 Å². The van der Waals surface area contributed by atoms with Crippen LogP contribution in [0.1, 0.15) is 65.6 Å². The molecule has 0 fully saturated rings. The van der Waals surface area contributed by atoms with Crippen molar-refractivity contribution in [1.82, 2.24) is 14.1 Å². The molecule has 9 heteroatoms. The SMILES string of the molecule is CCOC(=O)c1nc(-c2ccccc2OC)n(C(C)C)c1C(Cc1cc(Cl)c(=O)n(C)c1)c1ccc(Cl)cc1C. The number of carbonyl (C=O) groups excluding carboxylic acids is 1. The molecule has 0 bridgehead atoms. The van der Waals surface area contributed by atoms with Gasteiger partial charge in [-0.3, -0.25) is 4.79 Å². The second-order valence-electron chi connectivity index (χ2n) is 9.92. The third-order valence-electron chi connectivity index (χ3n) is 6.85. The van der Waals surface area contributed by atoms with Gasteiger partial charge in [-0.15, -0.1) is 0 Å². The van der Waals surface area contributed by atoms with Gasteiger partial charge in [-0.2, -0.15) is 0 Å². The molecule has 0 spiro atoms. The van der Waals surface area contributed by atoms with E-state index in [9.17, 15) is 9.59 Å². The molecule has 1 unspecified atom stereocenters. The molecule has 0 amide bonds. The van der Waals surface area contributed by atoms with E-state index < -0.39 is 5.97 Å². The molecule has 210 valence electrons. The number of rotatable bonds is 9. The zero-order chi connectivity index (χ0) is 29.1. The number of ether oxygens (including phenoxy) is 2. The Kier molecular flexibility index (Phi) is 9.06. The summed E-state index contributed by atoms with van der Waals surface area (Å²) in [5.74, 6) is 0.368. The molecule has 7 nitrogen and oxygen atoms in total. The van der Waals surface area contributed by atoms with Crippen LogP contribution in [0, 0.1) is 6.92 Å². The largest absolute Gasteiger partial charge is 0.496 e. The fourth-order valence-electron chi connectivity index (χ4n) is 5.14. The summed E-state index contributed by atoms with van der Waals surface area (Å²) in [5, 5.41) is 0.743. The lowest BCUT2D eigenvalue weighted by molar-refractivity contribution is 0.0518. The van der Waals surface area contributed by atoms with Gasteiger partial charge in [0.25, 0.3) is 5.56 Å². The smallest absolute Gasteiger partial charge is 0.358 e. The molecule has 2 aromatic carbocycles. The first-order valence-corrected chi connectivity index (χ1v) is 13.9. The highest BCUT2D eigenvalue weighted by molar-refractivity contribution is 6.30. The van der Waals surface area contributed by atoms with E-state index in [4.69, 9.17) is 37.7 Å². The van der Waals surface area contributed by atoms with E-state index in [0.717, 1.165) is 22.3 Å². The molecule has 0 aliphatic rings. The minimum absolute atomic E-state index is 0.0792. The fraction of sp³-hybridized carbons (Fsp3) is 0.323. The van der Waals surface area contributed by atoms with Gasteiger partial charge in [-0.1, -0.05) is 41.4 Å². The quantitative estimate of drug-likeness (QED) is 0.199. The van der Waals surface area contributed by atoms with Crippen LogP contribution in [0.25, 0.3) is 11.4 Å². The Balaban J connectivity index is 2.08. The van der Waals surface area contributed by atoms with Gasteiger partial charge in [-0.25, -0.2) is 9.78 Å². The molecule has 4 aromatic rings. The molecule has 1 atom stereocenters. The van der Waals surface area contributed by atoms with Gasteiger partial charge in [0.2, 0.25) is 0 Å². The Hall–Kier alpha value is -3.55. The van der Waals surface area contributed by atoms with E-state index in [-0.39, 0.29) is 34.8 Å². The zero-order valence-corrected chi connectivity index (χ0v) is 25.0. The highest BCUT2D eigenvalue weighted by atomic mass is 35.5. The van der Waals surface area contributed by atoms with Crippen molar-refractivity contribution in [2.45, 2.75) is 46.1 Å². The number of aromatic nitrogens is 3. The average Bonchev–Trinajstić information content (AvgIpc) is 3.31. The number of pyridine rings is 1. The predicted octanol–water partition coefficient (Wildman–Crippen LogP) is 7.00. The topological polar surface area (TPSA) is 75.3 Å². The van der Waals surface area contributed by atoms with E-state index in [0.29, 0.717) is 28.7 Å². The van der Waals surface area contributed by atoms with Gasteiger partial charge < -0.3 is 18.6 Å². The molecule has 0 aliphatic carbocycles. The third kappa shape index (κ3) is 5.81. The molecule has 40 heavy (non-hydrogen) atoms. The summed E-state index contributed by atoms with van der Waals surface area (Å²) in [5.41, 5.74) is 4.16. The van der Waals surface area contributed by atoms with Crippen LogP contribution in [0.2, 0.25) is 10.0 Å². The van der Waals surface area contributed by atoms with Crippen LogP contribution in [0.4, 0.5) is 0 Å². The molecular weight excluding hydrogens is 549 g/mol. The van der Waals surface area contributed by atoms with Crippen molar-refractivity contribution in [2.24, 2.45) is 7.05 Å². The Morgan fingerprint density at radius 2 is 1.82 bits per heavy atom. The van der Waals surface area contributed by atoms with Crippen molar-refractivity contribution >= 4 is 29.2 Å². The number of hydrogen-bond acceptors (Lipinski definition) is 5. The lowest BCUT2D eigenvalue weighted by Gasteiger charge is -2.26. The standard InChI is InChI=1S/C31H33Cl2N3O4/c1-7-40-31(38)27-28(36(18(2)3)29(34-27)23-10-8-9-11-26(23)39-6)24(22-13-12-21(32)14-19(22)4)15-20-16-25(33)30(37)35(5)17-20/h8-14,16-18,24H,7,15H2,1-6H3. The second-order valence-corrected chi connectivity index (χ2v) is 10.8. The van der Waals surface area contributed by atoms with Crippen LogP contribution in [-0.2, 0) is 18.2 Å². The van der Waals surface area contributed by atoms with Gasteiger partial charge in [0.15, 0.2) is 5.69 Å². The average molecular weight is 583 g/mol. The van der Waals surface area contributed by atoms with E-state index in [1.165, 1.54) is 4.57 Å². The van der Waals surface area contributed by atoms with Crippen molar-refractivity contribution in [3.63, 3.8) is 0 Å². The number of benzene rings is 2. The highest BCUT2D eigenvalue weighted by Crippen LogP contribution is 2.40. The van der Waals surface area contributed by atoms with Crippen molar-refractivity contribution in [1.29, 1.82) is 0 Å². The number of halogens is 2. The van der Waals surface area contributed by atoms with Gasteiger partial charge in [0, 0.05) is 30.2 Å². The van der Waals surface area contributed by atoms with Crippen LogP contribution in [-0.4, -0.2) is 33.8 Å². The van der Waals surface area contributed by atoms with Crippen LogP contribution in [0.5, 0.6) is 5.75 Å². The molecule has 2 heterocycles. The molecular formula is C31H33Cl2N3O4. The summed E-state index contributed by atoms with van der Waals surface area (Å²) in [6.45, 7) is 8.06. The van der Waals surface area contributed by atoms with Gasteiger partial charge >= 0.3 is 5.97 Å². The molecule has 0 radical (unpaired) electrons. The molecule has 4 rings (SSSR count). The van der Waals surface area contributed by atoms with E-state index in [1.807, 2.05) is 63.2 Å². The minimum atomic E-state index is -0.511. The second kappa shape index (κ2) is 12.3. The summed E-state index contributed by atoms with van der Waals surface area (Å²) >= 11 is 12.7. The Morgan fingerprint density at radius 1 is 1.10 bits per heavy atom. The first-order chi connectivity index (χ1) is 19.1. The first-order valence-electron chi connectivity index (χ1n) is 13.1. The normalized spacial score (nSPS) is 12.0. The van der Waals surface area contributed by atoms with Crippen LogP contribution >= 0.6 is 23.2 Å². The number of imidazole rings is 1. The van der Waals surface area contributed by atoms with Crippen molar-refractivity contribution in [3.05, 3.63) is 103 Å². The number of aryl methyl sites for hydroxylation is 2. The molecule has 0 N–H and O–H groups in total. The summed E-state index contributed by atoms with van der Waals surface area (Å²) in [4.78, 5) is 30.8. The predicted molar refractivity (Wildman–Crippen MR) is 159 cm³/mol. The number of carbonyl (C=O) groups is 1. The molecule has 0 aliphatic heterocycles. The maximum Gasteiger partial charge on any atom is 0.358 e. The number of esters is 1. The third-order valence-corrected chi connectivity index (χ3v) is 7.36. The van der Waals surface area contributed by atoms with Crippen molar-refractivity contribution in [3.8, 4) is 17.1 Å². The molecule has 0 saturated carbocycles. The minimum Gasteiger partial charge on any atom is -0.496 e. The lowest BCUT2D eigenvalue weighted by Crippen LogP contribution is -2.21. The van der Waals surface area contributed by atoms with E-state index in [1.54, 1.807) is 33.3 Å². The summed E-state index contributed by atoms with van der Waals surface area (Å²) < 4.78 is 14.7. The number of nitrogens with zero attached hydrogens (tertiary/aromatic N) is 3. The van der Waals surface area contributed by atoms with Crippen LogP contribution in [0.3, 0.4) is 0 Å². The zero-order valence-electron chi connectivity index (χ0n) is 23.5. The number of para-hydroxylation sites is 1. The summed E-state index contributed by atoms with van der Waals surface area (Å²) in [7, 11) is 3.28. The lowest BCUT2D eigenvalue weighted by atomic mass is 9.85.